The van der Waals surface area contributed by atoms with E-state index in [0.717, 1.165) is 0 Å². The molecule has 2 nitrogen and oxygen atoms in total. The summed E-state index contributed by atoms with van der Waals surface area (Å²) in [5.74, 6) is 0.00742. The summed E-state index contributed by atoms with van der Waals surface area (Å²) in [5.41, 5.74) is 0. The molecule has 0 aliphatic rings. The molecule has 0 N–H and O–H groups in total. The first-order valence-electron chi connectivity index (χ1n) is 3.59. The maximum absolute atomic E-state index is 11.1. The lowest BCUT2D eigenvalue weighted by atomic mass is 10.3. The minimum absolute atomic E-state index is 0.0402. The maximum Gasteiger partial charge on any atom is 0.238 e. The van der Waals surface area contributed by atoms with Gasteiger partial charge in [-0.2, -0.15) is 0 Å². The summed E-state index contributed by atoms with van der Waals surface area (Å²) in [6.45, 7) is 8.04. The second-order valence-corrected chi connectivity index (χ2v) is 2.83. The normalized spacial score (nSPS) is 9.82. The van der Waals surface area contributed by atoms with Gasteiger partial charge in [0.1, 0.15) is 5.88 Å². The molecule has 0 atom stereocenters. The highest BCUT2D eigenvalue weighted by molar-refractivity contribution is 6.27. The fourth-order valence-corrected chi connectivity index (χ4v) is 0.970. The molecule has 0 fully saturated rings. The molecule has 0 heterocycles. The van der Waals surface area contributed by atoms with Gasteiger partial charge in [0, 0.05) is 12.6 Å². The van der Waals surface area contributed by atoms with Crippen molar-refractivity contribution in [2.45, 2.75) is 19.9 Å². The summed E-state index contributed by atoms with van der Waals surface area (Å²) in [4.78, 5) is 12.8. The average Bonchev–Trinajstić information content (AvgIpc) is 1.98. The van der Waals surface area contributed by atoms with Crippen LogP contribution in [0.3, 0.4) is 0 Å². The summed E-state index contributed by atoms with van der Waals surface area (Å²) in [6, 6.07) is 0.194. The zero-order valence-corrected chi connectivity index (χ0v) is 7.77. The third-order valence-corrected chi connectivity index (χ3v) is 1.61. The Bertz CT molecular complexity index is 145. The minimum Gasteiger partial charge on any atom is -0.336 e. The highest BCUT2D eigenvalue weighted by atomic mass is 35.5. The number of hydrogen-bond acceptors (Lipinski definition) is 1. The number of nitrogens with zero attached hydrogens (tertiary/aromatic N) is 1. The average molecular weight is 176 g/mol. The summed E-state index contributed by atoms with van der Waals surface area (Å²) in [7, 11) is 0. The van der Waals surface area contributed by atoms with Gasteiger partial charge in [-0.05, 0) is 13.8 Å². The summed E-state index contributed by atoms with van der Waals surface area (Å²) in [6.07, 6.45) is 1.70. The van der Waals surface area contributed by atoms with Crippen LogP contribution in [0.1, 0.15) is 13.8 Å². The first-order valence-corrected chi connectivity index (χ1v) is 4.13. The number of halogens is 1. The molecule has 11 heavy (non-hydrogen) atoms. The summed E-state index contributed by atoms with van der Waals surface area (Å²) in [5, 5.41) is 0. The summed E-state index contributed by atoms with van der Waals surface area (Å²) >= 11 is 5.40. The van der Waals surface area contributed by atoms with E-state index in [1.54, 1.807) is 11.0 Å². The van der Waals surface area contributed by atoms with Gasteiger partial charge in [-0.15, -0.1) is 18.2 Å². The Morgan fingerprint density at radius 1 is 1.73 bits per heavy atom. The van der Waals surface area contributed by atoms with Gasteiger partial charge in [0.25, 0.3) is 0 Å². The number of carbonyl (C=O) groups is 1. The molecule has 0 aliphatic heterocycles. The second-order valence-electron chi connectivity index (χ2n) is 2.56. The highest BCUT2D eigenvalue weighted by Crippen LogP contribution is 1.99. The monoisotopic (exact) mass is 175 g/mol. The van der Waals surface area contributed by atoms with Crippen LogP contribution in [0.15, 0.2) is 12.7 Å². The van der Waals surface area contributed by atoms with E-state index in [1.807, 2.05) is 13.8 Å². The Labute approximate surface area is 72.8 Å². The van der Waals surface area contributed by atoms with Gasteiger partial charge in [-0.1, -0.05) is 6.08 Å². The fraction of sp³-hybridized carbons (Fsp3) is 0.625. The van der Waals surface area contributed by atoms with E-state index in [9.17, 15) is 4.79 Å². The molecule has 0 spiro atoms. The van der Waals surface area contributed by atoms with Crippen LogP contribution in [0.25, 0.3) is 0 Å². The van der Waals surface area contributed by atoms with Crippen molar-refractivity contribution in [1.82, 2.24) is 4.90 Å². The molecule has 0 radical (unpaired) electrons. The van der Waals surface area contributed by atoms with Crippen molar-refractivity contribution in [3.8, 4) is 0 Å². The second kappa shape index (κ2) is 5.19. The molecule has 64 valence electrons. The number of rotatable bonds is 4. The molecule has 0 aromatic carbocycles. The smallest absolute Gasteiger partial charge is 0.238 e. The van der Waals surface area contributed by atoms with Gasteiger partial charge in [0.05, 0.1) is 0 Å². The van der Waals surface area contributed by atoms with Crippen LogP contribution in [0.2, 0.25) is 0 Å². The molecular formula is C8H14ClNO. The maximum atomic E-state index is 11.1. The van der Waals surface area contributed by atoms with Crippen LogP contribution in [0.4, 0.5) is 0 Å². The van der Waals surface area contributed by atoms with Gasteiger partial charge >= 0.3 is 0 Å². The predicted octanol–water partition coefficient (Wildman–Crippen LogP) is 1.65. The number of hydrogen-bond donors (Lipinski definition) is 0. The molecule has 0 unspecified atom stereocenters. The fourth-order valence-electron chi connectivity index (χ4n) is 0.816. The molecule has 0 aromatic heterocycles. The van der Waals surface area contributed by atoms with Crippen LogP contribution >= 0.6 is 11.6 Å². The van der Waals surface area contributed by atoms with E-state index in [2.05, 4.69) is 6.58 Å². The Kier molecular flexibility index (Phi) is 4.95. The first-order chi connectivity index (χ1) is 5.13. The molecule has 0 aliphatic carbocycles. The lowest BCUT2D eigenvalue weighted by Crippen LogP contribution is -2.37. The Morgan fingerprint density at radius 3 is 2.55 bits per heavy atom. The van der Waals surface area contributed by atoms with Crippen molar-refractivity contribution < 1.29 is 4.79 Å². The van der Waals surface area contributed by atoms with Crippen molar-refractivity contribution in [1.29, 1.82) is 0 Å². The zero-order valence-electron chi connectivity index (χ0n) is 7.01. The van der Waals surface area contributed by atoms with Crippen LogP contribution < -0.4 is 0 Å². The van der Waals surface area contributed by atoms with E-state index in [-0.39, 0.29) is 17.8 Å². The van der Waals surface area contributed by atoms with E-state index in [1.165, 1.54) is 0 Å². The molecule has 0 aromatic rings. The van der Waals surface area contributed by atoms with E-state index >= 15 is 0 Å². The summed E-state index contributed by atoms with van der Waals surface area (Å²) < 4.78 is 0. The SMILES string of the molecule is C=CCN(C(=O)CCl)C(C)C. The minimum atomic E-state index is -0.0402. The molecule has 0 saturated carbocycles. The third kappa shape index (κ3) is 3.42. The standard InChI is InChI=1S/C8H14ClNO/c1-4-5-10(7(2)3)8(11)6-9/h4,7H,1,5-6H2,2-3H3. The van der Waals surface area contributed by atoms with Crippen LogP contribution in [-0.2, 0) is 4.79 Å². The van der Waals surface area contributed by atoms with Gasteiger partial charge in [0.2, 0.25) is 5.91 Å². The zero-order chi connectivity index (χ0) is 8.85. The molecule has 1 amide bonds. The topological polar surface area (TPSA) is 20.3 Å². The number of amides is 1. The molecule has 0 saturated heterocycles. The molecule has 3 heteroatoms. The Balaban J connectivity index is 4.08. The van der Waals surface area contributed by atoms with Gasteiger partial charge < -0.3 is 4.90 Å². The highest BCUT2D eigenvalue weighted by Gasteiger charge is 2.13. The largest absolute Gasteiger partial charge is 0.336 e. The van der Waals surface area contributed by atoms with Crippen LogP contribution in [-0.4, -0.2) is 29.3 Å². The lowest BCUT2D eigenvalue weighted by molar-refractivity contribution is -0.129. The van der Waals surface area contributed by atoms with Crippen molar-refractivity contribution in [3.05, 3.63) is 12.7 Å². The van der Waals surface area contributed by atoms with Gasteiger partial charge in [-0.3, -0.25) is 4.79 Å². The van der Waals surface area contributed by atoms with E-state index < -0.39 is 0 Å². The van der Waals surface area contributed by atoms with Crippen LogP contribution in [0.5, 0.6) is 0 Å². The Hall–Kier alpha value is -0.500. The molecule has 0 rings (SSSR count). The quantitative estimate of drug-likeness (QED) is 0.470. The molecular weight excluding hydrogens is 162 g/mol. The number of alkyl halides is 1. The molecule has 0 bridgehead atoms. The Morgan fingerprint density at radius 2 is 2.27 bits per heavy atom. The van der Waals surface area contributed by atoms with Crippen molar-refractivity contribution in [2.75, 3.05) is 12.4 Å². The predicted molar refractivity (Wildman–Crippen MR) is 47.8 cm³/mol. The van der Waals surface area contributed by atoms with Crippen LogP contribution in [0, 0.1) is 0 Å². The van der Waals surface area contributed by atoms with Gasteiger partial charge in [-0.25, -0.2) is 0 Å². The number of carbonyl (C=O) groups excluding carboxylic acids is 1. The third-order valence-electron chi connectivity index (χ3n) is 1.38. The van der Waals surface area contributed by atoms with Gasteiger partial charge in [0.15, 0.2) is 0 Å². The van der Waals surface area contributed by atoms with Crippen molar-refractivity contribution in [3.63, 3.8) is 0 Å². The van der Waals surface area contributed by atoms with E-state index in [4.69, 9.17) is 11.6 Å². The van der Waals surface area contributed by atoms with Crippen molar-refractivity contribution >= 4 is 17.5 Å². The first kappa shape index (κ1) is 10.5. The lowest BCUT2D eigenvalue weighted by Gasteiger charge is -2.24. The van der Waals surface area contributed by atoms with E-state index in [0.29, 0.717) is 6.54 Å². The van der Waals surface area contributed by atoms with Crippen molar-refractivity contribution in [2.24, 2.45) is 0 Å².